The lowest BCUT2D eigenvalue weighted by Gasteiger charge is -2.00. The molecule has 4 heterocycles. The molecule has 0 atom stereocenters. The summed E-state index contributed by atoms with van der Waals surface area (Å²) in [6, 6.07) is 3.92. The minimum absolute atomic E-state index is 0.682. The molecule has 198 valence electrons. The van der Waals surface area contributed by atoms with Gasteiger partial charge in [0.25, 0.3) is 0 Å². The number of aryl methyl sites for hydroxylation is 5. The van der Waals surface area contributed by atoms with E-state index in [-0.39, 0.29) is 0 Å². The van der Waals surface area contributed by atoms with Crippen LogP contribution in [-0.4, -0.2) is 52.5 Å². The van der Waals surface area contributed by atoms with E-state index in [1.54, 1.807) is 17.1 Å². The van der Waals surface area contributed by atoms with Crippen molar-refractivity contribution >= 4 is 6.29 Å². The fourth-order valence-electron chi connectivity index (χ4n) is 3.28. The Morgan fingerprint density at radius 1 is 0.806 bits per heavy atom. The molecule has 0 aliphatic rings. The maximum absolute atomic E-state index is 10.3. The number of hydrogen-bond donors (Lipinski definition) is 1. The molecule has 4 aromatic heterocycles. The summed E-state index contributed by atoms with van der Waals surface area (Å²) in [7, 11) is 1.95. The molecule has 0 unspecified atom stereocenters. The van der Waals surface area contributed by atoms with Gasteiger partial charge in [0.2, 0.25) is 0 Å². The van der Waals surface area contributed by atoms with Crippen LogP contribution in [0, 0.1) is 20.8 Å². The Kier molecular flexibility index (Phi) is 14.4. The number of carbonyl (C=O) groups excluding carboxylic acids is 1. The van der Waals surface area contributed by atoms with Gasteiger partial charge in [0, 0.05) is 74.0 Å². The number of aldehydes is 1. The smallest absolute Gasteiger partial charge is 0.153 e. The minimum atomic E-state index is 0.682. The van der Waals surface area contributed by atoms with Crippen LogP contribution in [-0.2, 0) is 32.7 Å². The fourth-order valence-corrected chi connectivity index (χ4v) is 3.28. The number of carbonyl (C=O) groups is 1. The Bertz CT molecular complexity index is 1110. The van der Waals surface area contributed by atoms with E-state index < -0.39 is 0 Å². The zero-order chi connectivity index (χ0) is 26.9. The first-order valence-electron chi connectivity index (χ1n) is 12.5. The minimum Gasteiger partial charge on any atom is -0.316 e. The molecule has 0 saturated carbocycles. The van der Waals surface area contributed by atoms with E-state index in [0.29, 0.717) is 5.56 Å². The van der Waals surface area contributed by atoms with E-state index in [1.807, 2.05) is 65.7 Å². The van der Waals surface area contributed by atoms with Gasteiger partial charge in [0.1, 0.15) is 0 Å². The Balaban J connectivity index is 0.000000243. The van der Waals surface area contributed by atoms with Crippen molar-refractivity contribution in [3.8, 4) is 0 Å². The second-order valence-electron chi connectivity index (χ2n) is 7.87. The maximum atomic E-state index is 10.3. The van der Waals surface area contributed by atoms with Crippen molar-refractivity contribution in [3.05, 3.63) is 71.3 Å². The van der Waals surface area contributed by atoms with Crippen molar-refractivity contribution in [3.63, 3.8) is 0 Å². The van der Waals surface area contributed by atoms with Crippen molar-refractivity contribution in [2.75, 3.05) is 7.05 Å². The average Bonchev–Trinajstić information content (AvgIpc) is 3.69. The number of hydrogen-bond acceptors (Lipinski definition) is 6. The van der Waals surface area contributed by atoms with Crippen LogP contribution in [0.15, 0.2) is 43.1 Å². The first-order valence-corrected chi connectivity index (χ1v) is 12.5. The van der Waals surface area contributed by atoms with Gasteiger partial charge in [0.15, 0.2) is 6.29 Å². The summed E-state index contributed by atoms with van der Waals surface area (Å²) in [4.78, 5) is 10.3. The SMILES string of the molecule is CCn1cccn1.CCn1ncc(C=O)c1C.CCn1ncc(CNC)c1C.CCn1nccc1C. The molecule has 0 bridgehead atoms. The van der Waals surface area contributed by atoms with Crippen molar-refractivity contribution in [1.29, 1.82) is 0 Å². The third-order valence-corrected chi connectivity index (χ3v) is 5.55. The maximum Gasteiger partial charge on any atom is 0.153 e. The van der Waals surface area contributed by atoms with Crippen molar-refractivity contribution in [1.82, 2.24) is 44.4 Å². The van der Waals surface area contributed by atoms with Crippen LogP contribution in [0.1, 0.15) is 60.7 Å². The molecule has 36 heavy (non-hydrogen) atoms. The molecule has 4 aromatic rings. The van der Waals surface area contributed by atoms with E-state index in [4.69, 9.17) is 0 Å². The third kappa shape index (κ3) is 9.61. The predicted molar refractivity (Wildman–Crippen MR) is 144 cm³/mol. The Labute approximate surface area is 215 Å². The molecule has 10 heteroatoms. The summed E-state index contributed by atoms with van der Waals surface area (Å²) in [5.74, 6) is 0. The van der Waals surface area contributed by atoms with Crippen molar-refractivity contribution < 1.29 is 4.79 Å². The van der Waals surface area contributed by atoms with Crippen molar-refractivity contribution in [2.45, 2.75) is 81.2 Å². The van der Waals surface area contributed by atoms with Crippen LogP contribution in [0.2, 0.25) is 0 Å². The molecule has 0 aliphatic carbocycles. The number of aromatic nitrogens is 8. The quantitative estimate of drug-likeness (QED) is 0.386. The highest BCUT2D eigenvalue weighted by Crippen LogP contribution is 2.05. The highest BCUT2D eigenvalue weighted by Gasteiger charge is 2.02. The van der Waals surface area contributed by atoms with Crippen LogP contribution in [0.5, 0.6) is 0 Å². The van der Waals surface area contributed by atoms with Gasteiger partial charge in [-0.05, 0) is 67.6 Å². The van der Waals surface area contributed by atoms with Crippen LogP contribution < -0.4 is 5.32 Å². The molecule has 10 nitrogen and oxygen atoms in total. The van der Waals surface area contributed by atoms with Gasteiger partial charge in [-0.3, -0.25) is 23.5 Å². The largest absolute Gasteiger partial charge is 0.316 e. The Morgan fingerprint density at radius 3 is 1.78 bits per heavy atom. The second kappa shape index (κ2) is 17.0. The molecule has 4 rings (SSSR count). The number of nitrogens with zero attached hydrogens (tertiary/aromatic N) is 8. The molecule has 0 fully saturated rings. The fraction of sp³-hybridized carbons (Fsp3) is 0.500. The number of rotatable bonds is 7. The summed E-state index contributed by atoms with van der Waals surface area (Å²) in [5, 5.41) is 19.3. The van der Waals surface area contributed by atoms with Gasteiger partial charge in [-0.25, -0.2) is 0 Å². The summed E-state index contributed by atoms with van der Waals surface area (Å²) in [6.07, 6.45) is 9.89. The zero-order valence-corrected chi connectivity index (χ0v) is 23.1. The van der Waals surface area contributed by atoms with E-state index in [2.05, 4.69) is 60.3 Å². The molecule has 1 N–H and O–H groups in total. The molecule has 0 aromatic carbocycles. The zero-order valence-electron chi connectivity index (χ0n) is 23.1. The van der Waals surface area contributed by atoms with E-state index >= 15 is 0 Å². The molecule has 0 radical (unpaired) electrons. The highest BCUT2D eigenvalue weighted by atomic mass is 16.1. The molecule has 0 aliphatic heterocycles. The molecule has 0 spiro atoms. The van der Waals surface area contributed by atoms with Crippen LogP contribution in [0.3, 0.4) is 0 Å². The Hall–Kier alpha value is -3.53. The summed E-state index contributed by atoms with van der Waals surface area (Å²) in [6.45, 7) is 18.9. The van der Waals surface area contributed by atoms with E-state index in [0.717, 1.165) is 44.7 Å². The van der Waals surface area contributed by atoms with Crippen LogP contribution in [0.4, 0.5) is 0 Å². The first kappa shape index (κ1) is 30.5. The lowest BCUT2D eigenvalue weighted by Crippen LogP contribution is -2.06. The van der Waals surface area contributed by atoms with Gasteiger partial charge in [-0.15, -0.1) is 0 Å². The summed E-state index contributed by atoms with van der Waals surface area (Å²) in [5.41, 5.74) is 5.41. The van der Waals surface area contributed by atoms with Gasteiger partial charge in [-0.2, -0.15) is 20.4 Å². The summed E-state index contributed by atoms with van der Waals surface area (Å²) >= 11 is 0. The van der Waals surface area contributed by atoms with Gasteiger partial charge < -0.3 is 5.32 Å². The van der Waals surface area contributed by atoms with Gasteiger partial charge >= 0.3 is 0 Å². The Morgan fingerprint density at radius 2 is 1.44 bits per heavy atom. The van der Waals surface area contributed by atoms with E-state index in [1.165, 1.54) is 17.0 Å². The lowest BCUT2D eigenvalue weighted by molar-refractivity contribution is 0.112. The monoisotopic (exact) mass is 497 g/mol. The third-order valence-electron chi connectivity index (χ3n) is 5.55. The normalized spacial score (nSPS) is 9.89. The second-order valence-corrected chi connectivity index (χ2v) is 7.87. The van der Waals surface area contributed by atoms with Crippen LogP contribution in [0.25, 0.3) is 0 Å². The topological polar surface area (TPSA) is 100 Å². The number of nitrogens with one attached hydrogen (secondary N) is 1. The first-order chi connectivity index (χ1) is 17.4. The molecule has 0 amide bonds. The highest BCUT2D eigenvalue weighted by molar-refractivity contribution is 5.75. The lowest BCUT2D eigenvalue weighted by atomic mass is 10.2. The van der Waals surface area contributed by atoms with E-state index in [9.17, 15) is 4.79 Å². The van der Waals surface area contributed by atoms with Gasteiger partial charge in [-0.1, -0.05) is 0 Å². The van der Waals surface area contributed by atoms with Crippen molar-refractivity contribution in [2.24, 2.45) is 0 Å². The average molecular weight is 498 g/mol. The molecular weight excluding hydrogens is 454 g/mol. The van der Waals surface area contributed by atoms with Crippen LogP contribution >= 0.6 is 0 Å². The van der Waals surface area contributed by atoms with Gasteiger partial charge in [0.05, 0.1) is 18.0 Å². The predicted octanol–water partition coefficient (Wildman–Crippen LogP) is 4.07. The standard InChI is InChI=1S/C8H15N3.C7H10N2O.C6H10N2.C5H8N2/c1-4-11-7(2)8(5-9-3)6-10-11;1-3-9-6(2)7(5-10)4-8-9;1-3-8-6(2)4-5-7-8;1-2-7-5-3-4-6-7/h6,9H,4-5H2,1-3H3;4-5H,3H2,1-2H3;4-5H,3H2,1-2H3;3-5H,2H2,1H3. The molecular formula is C26H43N9O. The molecule has 0 saturated heterocycles. The summed E-state index contributed by atoms with van der Waals surface area (Å²) < 4.78 is 7.64.